The number of aromatic amines is 1. The number of H-pyrrole nitrogens is 1. The van der Waals surface area contributed by atoms with E-state index in [4.69, 9.17) is 11.7 Å². The number of anilines is 2. The Balaban J connectivity index is 1.91. The summed E-state index contributed by atoms with van der Waals surface area (Å²) in [5.41, 5.74) is 5.23. The van der Waals surface area contributed by atoms with Gasteiger partial charge in [0, 0.05) is 40.8 Å². The number of nitrogens with two attached hydrogens (primary N) is 2. The Morgan fingerprint density at radius 3 is 2.61 bits per heavy atom. The summed E-state index contributed by atoms with van der Waals surface area (Å²) in [5.74, 6) is 10.0. The number of hydrazine groups is 1. The van der Waals surface area contributed by atoms with Crippen LogP contribution in [0.1, 0.15) is 5.69 Å². The summed E-state index contributed by atoms with van der Waals surface area (Å²) in [5, 5.41) is 15.4. The second-order valence-electron chi connectivity index (χ2n) is 6.36. The van der Waals surface area contributed by atoms with Crippen molar-refractivity contribution in [3.63, 3.8) is 0 Å². The van der Waals surface area contributed by atoms with Crippen LogP contribution in [0.4, 0.5) is 17.1 Å². The molecule has 0 radical (unpaired) electrons. The zero-order valence-corrected chi connectivity index (χ0v) is 14.6. The molecule has 6 N–H and O–H groups in total. The molecule has 0 spiro atoms. The first-order valence-corrected chi connectivity index (χ1v) is 8.47. The first-order valence-electron chi connectivity index (χ1n) is 8.47. The topological polar surface area (TPSA) is 156 Å². The van der Waals surface area contributed by atoms with Crippen LogP contribution in [0.3, 0.4) is 0 Å². The van der Waals surface area contributed by atoms with Gasteiger partial charge in [0.1, 0.15) is 11.8 Å². The van der Waals surface area contributed by atoms with Gasteiger partial charge in [-0.1, -0.05) is 18.2 Å². The summed E-state index contributed by atoms with van der Waals surface area (Å²) < 4.78 is 0. The molecule has 1 aliphatic rings. The highest BCUT2D eigenvalue weighted by molar-refractivity contribution is 6.18. The average molecular weight is 379 g/mol. The van der Waals surface area contributed by atoms with E-state index in [0.29, 0.717) is 17.8 Å². The molecule has 2 aromatic carbocycles. The molecule has 10 heteroatoms. The molecule has 10 nitrogen and oxygen atoms in total. The molecule has 3 aromatic rings. The lowest BCUT2D eigenvalue weighted by molar-refractivity contribution is -0.384. The minimum absolute atomic E-state index is 0.0586. The van der Waals surface area contributed by atoms with Crippen LogP contribution < -0.4 is 22.0 Å². The predicted octanol–water partition coefficient (Wildman–Crippen LogP) is 1.65. The lowest BCUT2D eigenvalue weighted by Crippen LogP contribution is -2.48. The van der Waals surface area contributed by atoms with Gasteiger partial charge in [-0.15, -0.1) is 0 Å². The highest BCUT2D eigenvalue weighted by Crippen LogP contribution is 2.41. The average Bonchev–Trinajstić information content (AvgIpc) is 3.07. The summed E-state index contributed by atoms with van der Waals surface area (Å²) in [4.78, 5) is 28.7. The summed E-state index contributed by atoms with van der Waals surface area (Å²) >= 11 is 0. The van der Waals surface area contributed by atoms with Crippen molar-refractivity contribution in [3.05, 3.63) is 64.3 Å². The Kier molecular flexibility index (Phi) is 4.17. The largest absolute Gasteiger partial charge is 0.357 e. The normalized spacial score (nSPS) is 16.9. The molecule has 0 saturated heterocycles. The van der Waals surface area contributed by atoms with Crippen molar-refractivity contribution in [2.45, 2.75) is 6.42 Å². The Hall–Kier alpha value is -3.92. The summed E-state index contributed by atoms with van der Waals surface area (Å²) in [6.07, 6.45) is 0.340. The maximum atomic E-state index is 13.4. The quantitative estimate of drug-likeness (QED) is 0.178. The van der Waals surface area contributed by atoms with Crippen LogP contribution in [-0.2, 0) is 11.2 Å². The monoisotopic (exact) mass is 379 g/mol. The number of amides is 1. The van der Waals surface area contributed by atoms with Crippen LogP contribution in [0, 0.1) is 16.0 Å². The van der Waals surface area contributed by atoms with Crippen molar-refractivity contribution in [2.24, 2.45) is 22.7 Å². The third kappa shape index (κ3) is 2.63. The number of non-ortho nitro benzene ring substituents is 1. The summed E-state index contributed by atoms with van der Waals surface area (Å²) in [7, 11) is 0. The molecular weight excluding hydrogens is 362 g/mol. The van der Waals surface area contributed by atoms with Crippen LogP contribution in [0.2, 0.25) is 0 Å². The van der Waals surface area contributed by atoms with Gasteiger partial charge in [-0.05, 0) is 18.2 Å². The number of amidine groups is 1. The molecule has 0 saturated carbocycles. The van der Waals surface area contributed by atoms with E-state index in [2.05, 4.69) is 15.5 Å². The van der Waals surface area contributed by atoms with Gasteiger partial charge in [0.15, 0.2) is 0 Å². The number of rotatable bonds is 3. The van der Waals surface area contributed by atoms with Gasteiger partial charge >= 0.3 is 0 Å². The lowest BCUT2D eigenvalue weighted by atomic mass is 9.93. The van der Waals surface area contributed by atoms with Crippen LogP contribution >= 0.6 is 0 Å². The molecule has 1 unspecified atom stereocenters. The SMILES string of the molecule is N/N=C(\NN)C1Cc2[nH]c3ccccc3c2N(c2ccc([N+](=O)[O-])cc2)C1=O. The fraction of sp³-hybridized carbons (Fsp3) is 0.111. The van der Waals surface area contributed by atoms with Gasteiger partial charge < -0.3 is 16.3 Å². The van der Waals surface area contributed by atoms with Gasteiger partial charge in [0.2, 0.25) is 5.91 Å². The van der Waals surface area contributed by atoms with Gasteiger partial charge in [-0.25, -0.2) is 5.84 Å². The summed E-state index contributed by atoms with van der Waals surface area (Å²) in [6, 6.07) is 13.4. The number of para-hydroxylation sites is 1. The van der Waals surface area contributed by atoms with E-state index >= 15 is 0 Å². The smallest absolute Gasteiger partial charge is 0.269 e. The van der Waals surface area contributed by atoms with E-state index in [1.807, 2.05) is 24.3 Å². The van der Waals surface area contributed by atoms with Gasteiger partial charge in [-0.3, -0.25) is 19.8 Å². The number of hydrogen-bond donors (Lipinski definition) is 4. The molecule has 28 heavy (non-hydrogen) atoms. The van der Waals surface area contributed by atoms with E-state index in [-0.39, 0.29) is 17.4 Å². The van der Waals surface area contributed by atoms with Crippen molar-refractivity contribution in [3.8, 4) is 0 Å². The highest BCUT2D eigenvalue weighted by atomic mass is 16.6. The van der Waals surface area contributed by atoms with Gasteiger partial charge in [0.05, 0.1) is 10.6 Å². The number of benzene rings is 2. The first-order chi connectivity index (χ1) is 13.5. The van der Waals surface area contributed by atoms with E-state index in [0.717, 1.165) is 16.6 Å². The minimum atomic E-state index is -0.717. The number of hydrogen-bond acceptors (Lipinski definition) is 6. The van der Waals surface area contributed by atoms with Crippen molar-refractivity contribution in [2.75, 3.05) is 4.90 Å². The fourth-order valence-corrected chi connectivity index (χ4v) is 3.56. The maximum absolute atomic E-state index is 13.4. The predicted molar refractivity (Wildman–Crippen MR) is 105 cm³/mol. The molecule has 1 atom stereocenters. The van der Waals surface area contributed by atoms with Crippen LogP contribution in [0.5, 0.6) is 0 Å². The number of nitro groups is 1. The highest BCUT2D eigenvalue weighted by Gasteiger charge is 2.39. The van der Waals surface area contributed by atoms with Gasteiger partial charge in [-0.2, -0.15) is 5.10 Å². The Morgan fingerprint density at radius 1 is 1.25 bits per heavy atom. The number of carbonyl (C=O) groups is 1. The standard InChI is InChI=1S/C18H17N7O3/c19-22-17(23-20)13-9-15-16(12-3-1-2-4-14(12)21-15)24(18(13)26)10-5-7-11(8-6-10)25(27)28/h1-8,13,21H,9,19-20H2,(H,22,23). The van der Waals surface area contributed by atoms with E-state index in [9.17, 15) is 14.9 Å². The Bertz CT molecular complexity index is 1100. The lowest BCUT2D eigenvalue weighted by Gasteiger charge is -2.32. The molecule has 0 fully saturated rings. The second kappa shape index (κ2) is 6.67. The zero-order valence-electron chi connectivity index (χ0n) is 14.6. The van der Waals surface area contributed by atoms with Crippen LogP contribution in [0.25, 0.3) is 10.9 Å². The number of hydrazone groups is 1. The van der Waals surface area contributed by atoms with Crippen molar-refractivity contribution < 1.29 is 9.72 Å². The molecule has 0 bridgehead atoms. The maximum Gasteiger partial charge on any atom is 0.269 e. The zero-order chi connectivity index (χ0) is 19.8. The van der Waals surface area contributed by atoms with Crippen molar-refractivity contribution in [1.29, 1.82) is 0 Å². The number of fused-ring (bicyclic) bond motifs is 3. The molecule has 2 heterocycles. The Morgan fingerprint density at radius 2 is 1.96 bits per heavy atom. The first kappa shape index (κ1) is 17.5. The molecule has 0 aliphatic carbocycles. The van der Waals surface area contributed by atoms with Crippen LogP contribution in [-0.4, -0.2) is 21.7 Å². The molecule has 4 rings (SSSR count). The minimum Gasteiger partial charge on any atom is -0.357 e. The van der Waals surface area contributed by atoms with E-state index in [1.54, 1.807) is 12.1 Å². The van der Waals surface area contributed by atoms with Crippen LogP contribution in [0.15, 0.2) is 53.6 Å². The molecule has 1 amide bonds. The second-order valence-corrected chi connectivity index (χ2v) is 6.36. The number of carbonyl (C=O) groups excluding carboxylic acids is 1. The van der Waals surface area contributed by atoms with Gasteiger partial charge in [0.25, 0.3) is 5.69 Å². The number of nitro benzene ring substituents is 1. The van der Waals surface area contributed by atoms with Crippen molar-refractivity contribution in [1.82, 2.24) is 10.4 Å². The Labute approximate surface area is 158 Å². The number of nitrogens with zero attached hydrogens (tertiary/aromatic N) is 3. The van der Waals surface area contributed by atoms with E-state index in [1.165, 1.54) is 17.0 Å². The molecule has 1 aromatic heterocycles. The molecule has 142 valence electrons. The summed E-state index contributed by atoms with van der Waals surface area (Å²) in [6.45, 7) is 0. The van der Waals surface area contributed by atoms with Crippen molar-refractivity contribution >= 4 is 39.7 Å². The molecule has 1 aliphatic heterocycles. The fourth-order valence-electron chi connectivity index (χ4n) is 3.56. The number of nitrogens with one attached hydrogen (secondary N) is 2. The van der Waals surface area contributed by atoms with E-state index < -0.39 is 10.8 Å². The third-order valence-corrected chi connectivity index (χ3v) is 4.84. The number of aromatic nitrogens is 1. The molecular formula is C18H17N7O3. The third-order valence-electron chi connectivity index (χ3n) is 4.84.